The summed E-state index contributed by atoms with van der Waals surface area (Å²) in [5, 5.41) is 12.4. The first-order valence-corrected chi connectivity index (χ1v) is 6.05. The van der Waals surface area contributed by atoms with E-state index in [1.807, 2.05) is 0 Å². The lowest BCUT2D eigenvalue weighted by atomic mass is 10.3. The van der Waals surface area contributed by atoms with Gasteiger partial charge in [-0.2, -0.15) is 0 Å². The maximum absolute atomic E-state index is 11.7. The molecule has 2 rings (SSSR count). The van der Waals surface area contributed by atoms with Crippen LogP contribution in [-0.2, 0) is 9.84 Å². The minimum Gasteiger partial charge on any atom is -0.506 e. The van der Waals surface area contributed by atoms with E-state index in [9.17, 15) is 13.5 Å². The van der Waals surface area contributed by atoms with Gasteiger partial charge in [0, 0.05) is 6.54 Å². The minimum absolute atomic E-state index is 0.00650. The van der Waals surface area contributed by atoms with Crippen molar-refractivity contribution in [3.8, 4) is 5.75 Å². The molecule has 5 heteroatoms. The van der Waals surface area contributed by atoms with Crippen LogP contribution in [0, 0.1) is 0 Å². The van der Waals surface area contributed by atoms with Gasteiger partial charge in [0.05, 0.1) is 16.3 Å². The standard InChI is InChI=1S/C9H11NO3S/c11-7-3-1-4-8-9(7)10-5-2-6-14(8,12)13/h1,3-4,10-11H,2,5-6H2. The highest BCUT2D eigenvalue weighted by Gasteiger charge is 2.23. The highest BCUT2D eigenvalue weighted by Crippen LogP contribution is 2.33. The van der Waals surface area contributed by atoms with Gasteiger partial charge in [-0.25, -0.2) is 8.42 Å². The SMILES string of the molecule is O=S1(=O)CCCNc2c(O)cccc21. The Kier molecular flexibility index (Phi) is 2.11. The average Bonchev–Trinajstić information content (AvgIpc) is 2.27. The number of para-hydroxylation sites is 1. The van der Waals surface area contributed by atoms with Crippen molar-refractivity contribution >= 4 is 15.5 Å². The first-order chi connectivity index (χ1) is 6.61. The van der Waals surface area contributed by atoms with Crippen LogP contribution in [0.1, 0.15) is 6.42 Å². The zero-order valence-corrected chi connectivity index (χ0v) is 8.34. The molecule has 1 aromatic rings. The van der Waals surface area contributed by atoms with Gasteiger partial charge >= 0.3 is 0 Å². The third kappa shape index (κ3) is 1.43. The third-order valence-corrected chi connectivity index (χ3v) is 4.07. The predicted molar refractivity (Wildman–Crippen MR) is 53.3 cm³/mol. The Morgan fingerprint density at radius 3 is 2.93 bits per heavy atom. The second-order valence-corrected chi connectivity index (χ2v) is 5.33. The van der Waals surface area contributed by atoms with E-state index < -0.39 is 9.84 Å². The van der Waals surface area contributed by atoms with E-state index in [4.69, 9.17) is 0 Å². The number of phenols is 1. The van der Waals surface area contributed by atoms with Crippen LogP contribution in [0.5, 0.6) is 5.75 Å². The first-order valence-electron chi connectivity index (χ1n) is 4.40. The van der Waals surface area contributed by atoms with Gasteiger partial charge in [-0.05, 0) is 18.6 Å². The molecule has 0 spiro atoms. The summed E-state index contributed by atoms with van der Waals surface area (Å²) < 4.78 is 23.4. The number of phenolic OH excluding ortho intramolecular Hbond substituents is 1. The zero-order chi connectivity index (χ0) is 10.2. The number of hydrogen-bond donors (Lipinski definition) is 2. The topological polar surface area (TPSA) is 66.4 Å². The van der Waals surface area contributed by atoms with Gasteiger partial charge in [0.2, 0.25) is 0 Å². The van der Waals surface area contributed by atoms with Crippen LogP contribution in [-0.4, -0.2) is 25.8 Å². The molecule has 0 amide bonds. The molecule has 1 heterocycles. The van der Waals surface area contributed by atoms with E-state index in [0.29, 0.717) is 18.7 Å². The van der Waals surface area contributed by atoms with Gasteiger partial charge < -0.3 is 10.4 Å². The summed E-state index contributed by atoms with van der Waals surface area (Å²) in [6, 6.07) is 4.54. The van der Waals surface area contributed by atoms with Crippen LogP contribution in [0.25, 0.3) is 0 Å². The predicted octanol–water partition coefficient (Wildman–Crippen LogP) is 0.982. The van der Waals surface area contributed by atoms with Crippen LogP contribution in [0.15, 0.2) is 23.1 Å². The van der Waals surface area contributed by atoms with E-state index >= 15 is 0 Å². The molecular formula is C9H11NO3S. The molecule has 1 aliphatic heterocycles. The number of aromatic hydroxyl groups is 1. The van der Waals surface area contributed by atoms with Crippen molar-refractivity contribution in [1.29, 1.82) is 0 Å². The number of nitrogens with one attached hydrogen (secondary N) is 1. The highest BCUT2D eigenvalue weighted by molar-refractivity contribution is 7.91. The van der Waals surface area contributed by atoms with Crippen molar-refractivity contribution in [2.45, 2.75) is 11.3 Å². The number of sulfone groups is 1. The van der Waals surface area contributed by atoms with Gasteiger partial charge in [0.15, 0.2) is 9.84 Å². The molecule has 0 saturated heterocycles. The van der Waals surface area contributed by atoms with Crippen LogP contribution >= 0.6 is 0 Å². The molecular weight excluding hydrogens is 202 g/mol. The van der Waals surface area contributed by atoms with E-state index in [-0.39, 0.29) is 16.4 Å². The second-order valence-electron chi connectivity index (χ2n) is 3.25. The van der Waals surface area contributed by atoms with Crippen molar-refractivity contribution in [1.82, 2.24) is 0 Å². The van der Waals surface area contributed by atoms with E-state index in [1.165, 1.54) is 12.1 Å². The molecule has 0 aliphatic carbocycles. The maximum Gasteiger partial charge on any atom is 0.180 e. The lowest BCUT2D eigenvalue weighted by Gasteiger charge is -2.08. The van der Waals surface area contributed by atoms with E-state index in [2.05, 4.69) is 5.32 Å². The van der Waals surface area contributed by atoms with E-state index in [0.717, 1.165) is 0 Å². The van der Waals surface area contributed by atoms with Crippen LogP contribution in [0.4, 0.5) is 5.69 Å². The number of hydrogen-bond acceptors (Lipinski definition) is 4. The molecule has 0 radical (unpaired) electrons. The molecule has 1 aliphatic rings. The van der Waals surface area contributed by atoms with Crippen molar-refractivity contribution in [3.05, 3.63) is 18.2 Å². The fourth-order valence-corrected chi connectivity index (χ4v) is 3.06. The molecule has 1 aromatic carbocycles. The summed E-state index contributed by atoms with van der Waals surface area (Å²) in [5.41, 5.74) is 0.338. The first kappa shape index (κ1) is 9.33. The molecule has 0 fully saturated rings. The zero-order valence-electron chi connectivity index (χ0n) is 7.53. The Morgan fingerprint density at radius 1 is 1.36 bits per heavy atom. The number of fused-ring (bicyclic) bond motifs is 1. The smallest absolute Gasteiger partial charge is 0.180 e. The molecule has 0 aromatic heterocycles. The summed E-state index contributed by atoms with van der Waals surface area (Å²) in [4.78, 5) is 0.204. The third-order valence-electron chi connectivity index (χ3n) is 2.23. The molecule has 0 atom stereocenters. The van der Waals surface area contributed by atoms with Crippen molar-refractivity contribution in [2.24, 2.45) is 0 Å². The molecule has 4 nitrogen and oxygen atoms in total. The Bertz CT molecular complexity index is 453. The van der Waals surface area contributed by atoms with Crippen molar-refractivity contribution in [3.63, 3.8) is 0 Å². The Morgan fingerprint density at radius 2 is 2.14 bits per heavy atom. The summed E-state index contributed by atoms with van der Waals surface area (Å²) in [5.74, 6) is 0.129. The monoisotopic (exact) mass is 213 g/mol. The molecule has 76 valence electrons. The average molecular weight is 213 g/mol. The van der Waals surface area contributed by atoms with Crippen molar-refractivity contribution in [2.75, 3.05) is 17.6 Å². The van der Waals surface area contributed by atoms with Gasteiger partial charge in [0.25, 0.3) is 0 Å². The summed E-state index contributed by atoms with van der Waals surface area (Å²) in [7, 11) is -3.22. The number of benzene rings is 1. The molecule has 14 heavy (non-hydrogen) atoms. The van der Waals surface area contributed by atoms with E-state index in [1.54, 1.807) is 6.07 Å². The fraction of sp³-hybridized carbons (Fsp3) is 0.333. The normalized spacial score (nSPS) is 19.1. The van der Waals surface area contributed by atoms with Crippen molar-refractivity contribution < 1.29 is 13.5 Å². The Hall–Kier alpha value is -1.23. The van der Waals surface area contributed by atoms with Crippen LogP contribution in [0.3, 0.4) is 0 Å². The molecule has 0 saturated carbocycles. The quantitative estimate of drug-likeness (QED) is 0.630. The second kappa shape index (κ2) is 3.16. The van der Waals surface area contributed by atoms with Gasteiger partial charge in [0.1, 0.15) is 5.75 Å². The molecule has 2 N–H and O–H groups in total. The summed E-state index contributed by atoms with van der Waals surface area (Å²) >= 11 is 0. The Balaban J connectivity index is 2.68. The molecule has 0 bridgehead atoms. The van der Waals surface area contributed by atoms with Crippen LogP contribution in [0.2, 0.25) is 0 Å². The van der Waals surface area contributed by atoms with Gasteiger partial charge in [-0.1, -0.05) is 6.07 Å². The number of anilines is 1. The van der Waals surface area contributed by atoms with Crippen LogP contribution < -0.4 is 5.32 Å². The lowest BCUT2D eigenvalue weighted by Crippen LogP contribution is -2.05. The maximum atomic E-state index is 11.7. The lowest BCUT2D eigenvalue weighted by molar-refractivity contribution is 0.475. The largest absolute Gasteiger partial charge is 0.506 e. The fourth-order valence-electron chi connectivity index (χ4n) is 1.54. The summed E-state index contributed by atoms with van der Waals surface area (Å²) in [6.07, 6.45) is 0.566. The summed E-state index contributed by atoms with van der Waals surface area (Å²) in [6.45, 7) is 0.573. The minimum atomic E-state index is -3.22. The van der Waals surface area contributed by atoms with Gasteiger partial charge in [-0.3, -0.25) is 0 Å². The van der Waals surface area contributed by atoms with Gasteiger partial charge in [-0.15, -0.1) is 0 Å². The highest BCUT2D eigenvalue weighted by atomic mass is 32.2. The molecule has 0 unspecified atom stereocenters. The number of rotatable bonds is 0. The Labute approximate surface area is 82.5 Å².